The van der Waals surface area contributed by atoms with Gasteiger partial charge in [0.15, 0.2) is 11.5 Å². The summed E-state index contributed by atoms with van der Waals surface area (Å²) in [6, 6.07) is 5.72. The van der Waals surface area contributed by atoms with E-state index in [9.17, 15) is 9.90 Å². The Kier molecular flexibility index (Phi) is 5.37. The van der Waals surface area contributed by atoms with Gasteiger partial charge in [0.25, 0.3) is 0 Å². The number of nitrogens with zero attached hydrogens (tertiary/aromatic N) is 2. The van der Waals surface area contributed by atoms with Crippen LogP contribution in [-0.4, -0.2) is 34.9 Å². The lowest BCUT2D eigenvalue weighted by molar-refractivity contribution is -0.141. The summed E-state index contributed by atoms with van der Waals surface area (Å²) in [4.78, 5) is 13.3. The van der Waals surface area contributed by atoms with Gasteiger partial charge in [-0.1, -0.05) is 38.5 Å². The fourth-order valence-corrected chi connectivity index (χ4v) is 5.05. The molecule has 4 rings (SSSR count). The van der Waals surface area contributed by atoms with Crippen molar-refractivity contribution in [3.8, 4) is 11.5 Å². The number of hydrazone groups is 1. The van der Waals surface area contributed by atoms with Crippen LogP contribution in [-0.2, 0) is 4.79 Å². The summed E-state index contributed by atoms with van der Waals surface area (Å²) >= 11 is 0. The van der Waals surface area contributed by atoms with E-state index in [2.05, 4.69) is 0 Å². The molecule has 5 heteroatoms. The molecule has 1 N–H and O–H groups in total. The number of hydrogen-bond acceptors (Lipinski definition) is 4. The molecule has 2 saturated carbocycles. The first-order valence-corrected chi connectivity index (χ1v) is 10.5. The molecule has 5 nitrogen and oxygen atoms in total. The molecule has 0 saturated heterocycles. The zero-order valence-electron chi connectivity index (χ0n) is 16.2. The summed E-state index contributed by atoms with van der Waals surface area (Å²) in [6.45, 7) is 0. The topological polar surface area (TPSA) is 62.1 Å². The molecule has 1 aromatic rings. The smallest absolute Gasteiger partial charge is 0.246 e. The Hall–Kier alpha value is -2.04. The third kappa shape index (κ3) is 3.56. The maximum absolute atomic E-state index is 13.3. The molecule has 1 aromatic carbocycles. The molecule has 3 aliphatic rings. The molecule has 0 unspecified atom stereocenters. The monoisotopic (exact) mass is 370 g/mol. The lowest BCUT2D eigenvalue weighted by atomic mass is 9.73. The largest absolute Gasteiger partial charge is 0.504 e. The minimum Gasteiger partial charge on any atom is -0.504 e. The highest BCUT2D eigenvalue weighted by atomic mass is 16.5. The summed E-state index contributed by atoms with van der Waals surface area (Å²) < 4.78 is 5.19. The van der Waals surface area contributed by atoms with E-state index in [0.717, 1.165) is 49.8 Å². The van der Waals surface area contributed by atoms with E-state index < -0.39 is 0 Å². The average Bonchev–Trinajstić information content (AvgIpc) is 2.98. The number of carbonyl (C=O) groups is 1. The Labute approximate surface area is 161 Å². The van der Waals surface area contributed by atoms with Gasteiger partial charge in [-0.25, -0.2) is 5.01 Å². The van der Waals surface area contributed by atoms with E-state index in [4.69, 9.17) is 9.84 Å². The van der Waals surface area contributed by atoms with Crippen LogP contribution in [0.25, 0.3) is 0 Å². The molecule has 0 bridgehead atoms. The molecule has 0 spiro atoms. The van der Waals surface area contributed by atoms with E-state index in [1.807, 2.05) is 11.1 Å². The van der Waals surface area contributed by atoms with Crippen LogP contribution in [0.4, 0.5) is 0 Å². The van der Waals surface area contributed by atoms with Crippen LogP contribution in [0, 0.1) is 11.8 Å². The molecule has 146 valence electrons. The molecule has 2 fully saturated rings. The summed E-state index contributed by atoms with van der Waals surface area (Å²) in [7, 11) is 1.55. The van der Waals surface area contributed by atoms with Gasteiger partial charge >= 0.3 is 0 Å². The van der Waals surface area contributed by atoms with Gasteiger partial charge in [-0.15, -0.1) is 0 Å². The number of rotatable bonds is 3. The molecule has 0 aromatic heterocycles. The highest BCUT2D eigenvalue weighted by Gasteiger charge is 2.43. The maximum atomic E-state index is 13.3. The SMILES string of the molecule is COc1ccc(C2=NN(C3CCCCCC3)C(=O)[C@H]3CCCC[C@@H]23)cc1O. The zero-order chi connectivity index (χ0) is 18.8. The van der Waals surface area contributed by atoms with Gasteiger partial charge in [-0.3, -0.25) is 4.79 Å². The molecular weight excluding hydrogens is 340 g/mol. The fraction of sp³-hybridized carbons (Fsp3) is 0.636. The second-order valence-electron chi connectivity index (χ2n) is 8.20. The van der Waals surface area contributed by atoms with Crippen molar-refractivity contribution in [3.63, 3.8) is 0 Å². The number of benzene rings is 1. The Morgan fingerprint density at radius 1 is 1.00 bits per heavy atom. The summed E-state index contributed by atoms with van der Waals surface area (Å²) in [5.41, 5.74) is 1.89. The summed E-state index contributed by atoms with van der Waals surface area (Å²) in [5, 5.41) is 17.0. The quantitative estimate of drug-likeness (QED) is 0.798. The van der Waals surface area contributed by atoms with Crippen molar-refractivity contribution < 1.29 is 14.6 Å². The van der Waals surface area contributed by atoms with Crippen LogP contribution in [0.1, 0.15) is 69.8 Å². The van der Waals surface area contributed by atoms with Gasteiger partial charge in [-0.2, -0.15) is 5.10 Å². The van der Waals surface area contributed by atoms with Crippen LogP contribution < -0.4 is 4.74 Å². The highest BCUT2D eigenvalue weighted by Crippen LogP contribution is 2.40. The number of phenols is 1. The van der Waals surface area contributed by atoms with Crippen LogP contribution in [0.3, 0.4) is 0 Å². The van der Waals surface area contributed by atoms with E-state index in [1.165, 1.54) is 25.7 Å². The van der Waals surface area contributed by atoms with Gasteiger partial charge in [0.2, 0.25) is 5.91 Å². The molecule has 27 heavy (non-hydrogen) atoms. The van der Waals surface area contributed by atoms with E-state index in [0.29, 0.717) is 5.75 Å². The first kappa shape index (κ1) is 18.3. The molecule has 0 radical (unpaired) electrons. The number of fused-ring (bicyclic) bond motifs is 1. The minimum atomic E-state index is 0.0405. The Morgan fingerprint density at radius 2 is 1.67 bits per heavy atom. The molecule has 2 aliphatic carbocycles. The molecule has 1 heterocycles. The zero-order valence-corrected chi connectivity index (χ0v) is 16.2. The van der Waals surface area contributed by atoms with Gasteiger partial charge in [0, 0.05) is 17.4 Å². The third-order valence-electron chi connectivity index (χ3n) is 6.52. The van der Waals surface area contributed by atoms with Crippen molar-refractivity contribution in [1.29, 1.82) is 0 Å². The third-order valence-corrected chi connectivity index (χ3v) is 6.52. The number of carbonyl (C=O) groups excluding carboxylic acids is 1. The second kappa shape index (κ2) is 7.91. The normalized spacial score (nSPS) is 26.9. The van der Waals surface area contributed by atoms with Crippen LogP contribution in [0.15, 0.2) is 23.3 Å². The van der Waals surface area contributed by atoms with Crippen molar-refractivity contribution in [1.82, 2.24) is 5.01 Å². The molecule has 1 aliphatic heterocycles. The molecular formula is C22H30N2O3. The Bertz CT molecular complexity index is 722. The summed E-state index contributed by atoms with van der Waals surface area (Å²) in [5.74, 6) is 1.03. The van der Waals surface area contributed by atoms with Crippen molar-refractivity contribution in [3.05, 3.63) is 23.8 Å². The van der Waals surface area contributed by atoms with Crippen molar-refractivity contribution in [2.24, 2.45) is 16.9 Å². The Morgan fingerprint density at radius 3 is 2.33 bits per heavy atom. The second-order valence-corrected chi connectivity index (χ2v) is 8.20. The number of methoxy groups -OCH3 is 1. The maximum Gasteiger partial charge on any atom is 0.246 e. The van der Waals surface area contributed by atoms with Gasteiger partial charge in [0.05, 0.1) is 18.9 Å². The number of aromatic hydroxyl groups is 1. The first-order valence-electron chi connectivity index (χ1n) is 10.5. The van der Waals surface area contributed by atoms with E-state index in [1.54, 1.807) is 19.2 Å². The number of hydrogen-bond donors (Lipinski definition) is 1. The number of phenolic OH excluding ortho intramolecular Hbond substituents is 1. The van der Waals surface area contributed by atoms with E-state index in [-0.39, 0.29) is 29.5 Å². The van der Waals surface area contributed by atoms with Gasteiger partial charge in [0.1, 0.15) is 0 Å². The van der Waals surface area contributed by atoms with Crippen molar-refractivity contribution in [2.75, 3.05) is 7.11 Å². The van der Waals surface area contributed by atoms with Crippen molar-refractivity contribution in [2.45, 2.75) is 70.3 Å². The van der Waals surface area contributed by atoms with Gasteiger partial charge < -0.3 is 9.84 Å². The van der Waals surface area contributed by atoms with Crippen LogP contribution >= 0.6 is 0 Å². The first-order chi connectivity index (χ1) is 13.2. The lowest BCUT2D eigenvalue weighted by Gasteiger charge is -2.41. The van der Waals surface area contributed by atoms with Crippen LogP contribution in [0.5, 0.6) is 11.5 Å². The fourth-order valence-electron chi connectivity index (χ4n) is 5.05. The minimum absolute atomic E-state index is 0.0405. The molecule has 2 atom stereocenters. The summed E-state index contributed by atoms with van der Waals surface area (Å²) in [6.07, 6.45) is 11.2. The van der Waals surface area contributed by atoms with Crippen LogP contribution in [0.2, 0.25) is 0 Å². The van der Waals surface area contributed by atoms with Gasteiger partial charge in [-0.05, 0) is 43.9 Å². The Balaban J connectivity index is 1.72. The average molecular weight is 370 g/mol. The number of ether oxygens (including phenoxy) is 1. The van der Waals surface area contributed by atoms with E-state index >= 15 is 0 Å². The lowest BCUT2D eigenvalue weighted by Crippen LogP contribution is -2.49. The number of amides is 1. The predicted molar refractivity (Wildman–Crippen MR) is 105 cm³/mol. The van der Waals surface area contributed by atoms with Crippen molar-refractivity contribution >= 4 is 11.6 Å². The standard InChI is InChI=1S/C22H30N2O3/c1-27-20-13-12-15(14-19(20)25)21-17-10-6-7-11-18(17)22(26)24(23-21)16-8-4-2-3-5-9-16/h12-14,16-18,25H,2-11H2,1H3/t17-,18+/m1/s1. The predicted octanol–water partition coefficient (Wildman–Crippen LogP) is 4.48. The molecule has 1 amide bonds. The highest BCUT2D eigenvalue weighted by molar-refractivity contribution is 6.07.